The molecule has 2 aromatic carbocycles. The lowest BCUT2D eigenvalue weighted by atomic mass is 10.0. The van der Waals surface area contributed by atoms with Crippen molar-refractivity contribution in [3.8, 4) is 0 Å². The van der Waals surface area contributed by atoms with Gasteiger partial charge in [-0.3, -0.25) is 9.69 Å². The van der Waals surface area contributed by atoms with Gasteiger partial charge in [0.15, 0.2) is 0 Å². The fraction of sp³-hybridized carbons (Fsp3) is 0.435. The summed E-state index contributed by atoms with van der Waals surface area (Å²) >= 11 is 0. The molecular formula is C23H32N4O. The molecule has 0 radical (unpaired) electrons. The van der Waals surface area contributed by atoms with Crippen molar-refractivity contribution in [3.63, 3.8) is 0 Å². The molecule has 0 bridgehead atoms. The van der Waals surface area contributed by atoms with Gasteiger partial charge in [-0.25, -0.2) is 0 Å². The highest BCUT2D eigenvalue weighted by Crippen LogP contribution is 2.25. The molecule has 1 fully saturated rings. The van der Waals surface area contributed by atoms with Crippen LogP contribution in [-0.2, 0) is 4.79 Å². The van der Waals surface area contributed by atoms with Gasteiger partial charge in [-0.1, -0.05) is 37.3 Å². The lowest BCUT2D eigenvalue weighted by molar-refractivity contribution is -0.121. The lowest BCUT2D eigenvalue weighted by Gasteiger charge is -2.40. The Kier molecular flexibility index (Phi) is 6.93. The number of nitrogens with one attached hydrogen (secondary N) is 1. The van der Waals surface area contributed by atoms with Gasteiger partial charge in [-0.15, -0.1) is 0 Å². The highest BCUT2D eigenvalue weighted by molar-refractivity contribution is 5.75. The molecule has 5 nitrogen and oxygen atoms in total. The van der Waals surface area contributed by atoms with Gasteiger partial charge in [0.25, 0.3) is 0 Å². The maximum Gasteiger partial charge on any atom is 0.219 e. The molecule has 1 amide bonds. The molecule has 1 aliphatic heterocycles. The van der Waals surface area contributed by atoms with Crippen LogP contribution in [0.2, 0.25) is 0 Å². The van der Waals surface area contributed by atoms with E-state index >= 15 is 0 Å². The number of benzene rings is 2. The largest absolute Gasteiger partial charge is 0.378 e. The number of rotatable bonds is 7. The molecule has 1 heterocycles. The Morgan fingerprint density at radius 2 is 1.64 bits per heavy atom. The first kappa shape index (κ1) is 20.2. The number of hydrogen-bond acceptors (Lipinski definition) is 4. The van der Waals surface area contributed by atoms with E-state index in [0.29, 0.717) is 13.0 Å². The first-order valence-corrected chi connectivity index (χ1v) is 10.2. The van der Waals surface area contributed by atoms with E-state index in [1.807, 2.05) is 6.92 Å². The van der Waals surface area contributed by atoms with Crippen LogP contribution in [0.1, 0.15) is 24.9 Å². The van der Waals surface area contributed by atoms with Crippen LogP contribution in [0.3, 0.4) is 0 Å². The molecule has 28 heavy (non-hydrogen) atoms. The van der Waals surface area contributed by atoms with E-state index in [1.165, 1.54) is 16.9 Å². The SMILES string of the molecule is CCC(=O)NCC(c1ccc(N(C)C)cc1)N1CCN(c2ccccc2)CC1. The number of para-hydroxylation sites is 1. The molecule has 5 heteroatoms. The van der Waals surface area contributed by atoms with E-state index in [1.54, 1.807) is 0 Å². The maximum absolute atomic E-state index is 11.9. The summed E-state index contributed by atoms with van der Waals surface area (Å²) in [6.07, 6.45) is 0.522. The highest BCUT2D eigenvalue weighted by atomic mass is 16.1. The van der Waals surface area contributed by atoms with E-state index in [9.17, 15) is 4.79 Å². The van der Waals surface area contributed by atoms with Crippen LogP contribution in [0.5, 0.6) is 0 Å². The standard InChI is InChI=1S/C23H32N4O/c1-4-23(28)24-18-22(19-10-12-20(13-11-19)25(2)3)27-16-14-26(15-17-27)21-8-6-5-7-9-21/h5-13,22H,4,14-18H2,1-3H3,(H,24,28). The predicted octanol–water partition coefficient (Wildman–Crippen LogP) is 3.14. The van der Waals surface area contributed by atoms with Crippen LogP contribution < -0.4 is 15.1 Å². The summed E-state index contributed by atoms with van der Waals surface area (Å²) in [5.41, 5.74) is 3.73. The van der Waals surface area contributed by atoms with E-state index in [0.717, 1.165) is 26.2 Å². The third-order valence-electron chi connectivity index (χ3n) is 5.48. The summed E-state index contributed by atoms with van der Waals surface area (Å²) in [4.78, 5) is 18.9. The van der Waals surface area contributed by atoms with Crippen molar-refractivity contribution in [1.29, 1.82) is 0 Å². The Morgan fingerprint density at radius 1 is 1.00 bits per heavy atom. The minimum Gasteiger partial charge on any atom is -0.378 e. The minimum absolute atomic E-state index is 0.109. The first-order chi connectivity index (χ1) is 13.6. The van der Waals surface area contributed by atoms with Crippen molar-refractivity contribution in [3.05, 3.63) is 60.2 Å². The van der Waals surface area contributed by atoms with Gasteiger partial charge in [0.05, 0.1) is 6.04 Å². The molecule has 1 atom stereocenters. The number of carbonyl (C=O) groups excluding carboxylic acids is 1. The predicted molar refractivity (Wildman–Crippen MR) is 117 cm³/mol. The molecular weight excluding hydrogens is 348 g/mol. The minimum atomic E-state index is 0.109. The quantitative estimate of drug-likeness (QED) is 0.801. The molecule has 1 aliphatic rings. The highest BCUT2D eigenvalue weighted by Gasteiger charge is 2.25. The van der Waals surface area contributed by atoms with Gasteiger partial charge in [0.2, 0.25) is 5.91 Å². The summed E-state index contributed by atoms with van der Waals surface area (Å²) in [6, 6.07) is 19.5. The van der Waals surface area contributed by atoms with Gasteiger partial charge in [-0.05, 0) is 29.8 Å². The molecule has 2 aromatic rings. The van der Waals surface area contributed by atoms with Crippen LogP contribution in [-0.4, -0.2) is 57.6 Å². The summed E-state index contributed by atoms with van der Waals surface area (Å²) < 4.78 is 0. The fourth-order valence-electron chi connectivity index (χ4n) is 3.72. The Hall–Kier alpha value is -2.53. The molecule has 3 rings (SSSR count). The number of anilines is 2. The molecule has 0 aliphatic carbocycles. The summed E-state index contributed by atoms with van der Waals surface area (Å²) in [5, 5.41) is 3.10. The molecule has 1 N–H and O–H groups in total. The van der Waals surface area contributed by atoms with Gasteiger partial charge < -0.3 is 15.1 Å². The Morgan fingerprint density at radius 3 is 2.21 bits per heavy atom. The molecule has 1 saturated heterocycles. The zero-order valence-corrected chi connectivity index (χ0v) is 17.3. The Labute approximate surface area is 168 Å². The second kappa shape index (κ2) is 9.60. The van der Waals surface area contributed by atoms with E-state index < -0.39 is 0 Å². The number of nitrogens with zero attached hydrogens (tertiary/aromatic N) is 3. The van der Waals surface area contributed by atoms with E-state index in [4.69, 9.17) is 0 Å². The monoisotopic (exact) mass is 380 g/mol. The Bertz CT molecular complexity index is 737. The van der Waals surface area contributed by atoms with Crippen molar-refractivity contribution >= 4 is 17.3 Å². The summed E-state index contributed by atoms with van der Waals surface area (Å²) in [7, 11) is 4.10. The van der Waals surface area contributed by atoms with Gasteiger partial charge >= 0.3 is 0 Å². The smallest absolute Gasteiger partial charge is 0.219 e. The van der Waals surface area contributed by atoms with Gasteiger partial charge in [0.1, 0.15) is 0 Å². The molecule has 0 aromatic heterocycles. The van der Waals surface area contributed by atoms with Crippen LogP contribution in [0.15, 0.2) is 54.6 Å². The molecule has 0 saturated carbocycles. The second-order valence-corrected chi connectivity index (χ2v) is 7.52. The number of piperazine rings is 1. The topological polar surface area (TPSA) is 38.8 Å². The third-order valence-corrected chi connectivity index (χ3v) is 5.48. The van der Waals surface area contributed by atoms with Gasteiger partial charge in [0, 0.05) is 64.6 Å². The molecule has 150 valence electrons. The molecule has 0 spiro atoms. The maximum atomic E-state index is 11.9. The first-order valence-electron chi connectivity index (χ1n) is 10.2. The van der Waals surface area contributed by atoms with Crippen molar-refractivity contribution in [2.45, 2.75) is 19.4 Å². The normalized spacial score (nSPS) is 15.9. The van der Waals surface area contributed by atoms with Crippen molar-refractivity contribution in [2.75, 3.05) is 56.6 Å². The number of amides is 1. The van der Waals surface area contributed by atoms with Crippen molar-refractivity contribution < 1.29 is 4.79 Å². The second-order valence-electron chi connectivity index (χ2n) is 7.52. The van der Waals surface area contributed by atoms with Crippen molar-refractivity contribution in [1.82, 2.24) is 10.2 Å². The van der Waals surface area contributed by atoms with Crippen molar-refractivity contribution in [2.24, 2.45) is 0 Å². The van der Waals surface area contributed by atoms with E-state index in [2.05, 4.69) is 88.7 Å². The van der Waals surface area contributed by atoms with Crippen LogP contribution in [0, 0.1) is 0 Å². The fourth-order valence-corrected chi connectivity index (χ4v) is 3.72. The van der Waals surface area contributed by atoms with E-state index in [-0.39, 0.29) is 11.9 Å². The van der Waals surface area contributed by atoms with Gasteiger partial charge in [-0.2, -0.15) is 0 Å². The summed E-state index contributed by atoms with van der Waals surface area (Å²) in [5.74, 6) is 0.109. The average Bonchev–Trinajstić information content (AvgIpc) is 2.75. The van der Waals surface area contributed by atoms with Crippen LogP contribution in [0.25, 0.3) is 0 Å². The summed E-state index contributed by atoms with van der Waals surface area (Å²) in [6.45, 7) is 6.51. The zero-order valence-electron chi connectivity index (χ0n) is 17.3. The third kappa shape index (κ3) is 5.04. The number of carbonyl (C=O) groups is 1. The zero-order chi connectivity index (χ0) is 19.9. The van der Waals surface area contributed by atoms with Crippen LogP contribution >= 0.6 is 0 Å². The molecule has 1 unspecified atom stereocenters. The lowest BCUT2D eigenvalue weighted by Crippen LogP contribution is -2.49. The Balaban J connectivity index is 1.71. The number of hydrogen-bond donors (Lipinski definition) is 1. The van der Waals surface area contributed by atoms with Crippen LogP contribution in [0.4, 0.5) is 11.4 Å². The average molecular weight is 381 g/mol.